The van der Waals surface area contributed by atoms with Gasteiger partial charge in [0.05, 0.1) is 6.61 Å². The zero-order chi connectivity index (χ0) is 9.73. The second-order valence-electron chi connectivity index (χ2n) is 3.60. The highest BCUT2D eigenvalue weighted by molar-refractivity contribution is 5.14. The molecule has 0 spiro atoms. The monoisotopic (exact) mass is 181 g/mol. The van der Waals surface area contributed by atoms with E-state index in [1.165, 1.54) is 0 Å². The van der Waals surface area contributed by atoms with Gasteiger partial charge in [0, 0.05) is 19.5 Å². The lowest BCUT2D eigenvalue weighted by Crippen LogP contribution is -2.49. The fourth-order valence-electron chi connectivity index (χ4n) is 1.57. The molecule has 1 heterocycles. The van der Waals surface area contributed by atoms with Crippen molar-refractivity contribution in [2.45, 2.75) is 32.8 Å². The van der Waals surface area contributed by atoms with Crippen molar-refractivity contribution in [3.63, 3.8) is 0 Å². The van der Waals surface area contributed by atoms with E-state index >= 15 is 0 Å². The van der Waals surface area contributed by atoms with Crippen molar-refractivity contribution >= 4 is 0 Å². The minimum absolute atomic E-state index is 0.232. The van der Waals surface area contributed by atoms with Gasteiger partial charge in [0.2, 0.25) is 0 Å². The van der Waals surface area contributed by atoms with Crippen LogP contribution in [0.25, 0.3) is 0 Å². The quantitative estimate of drug-likeness (QED) is 0.569. The standard InChI is InChI=1S/C11H19NO/c1-4-6-7-11(3)10-12(5-2)8-9-13-11/h4-5,8-10H2,1-3H3/t11-/m1/s1. The van der Waals surface area contributed by atoms with E-state index in [1.54, 1.807) is 0 Å². The van der Waals surface area contributed by atoms with Crippen LogP contribution in [0.4, 0.5) is 0 Å². The van der Waals surface area contributed by atoms with Gasteiger partial charge in [-0.3, -0.25) is 4.90 Å². The molecule has 1 aliphatic rings. The highest BCUT2D eigenvalue weighted by atomic mass is 16.5. The molecule has 0 amide bonds. The number of likely N-dealkylation sites (N-methyl/N-ethyl adjacent to an activating group) is 1. The molecule has 0 radical (unpaired) electrons. The molecule has 0 N–H and O–H groups in total. The van der Waals surface area contributed by atoms with Crippen LogP contribution in [0.5, 0.6) is 0 Å². The van der Waals surface area contributed by atoms with Crippen LogP contribution in [0, 0.1) is 11.8 Å². The molecule has 0 unspecified atom stereocenters. The van der Waals surface area contributed by atoms with Crippen LogP contribution in [-0.2, 0) is 4.74 Å². The summed E-state index contributed by atoms with van der Waals surface area (Å²) in [5, 5.41) is 0. The molecule has 1 atom stereocenters. The summed E-state index contributed by atoms with van der Waals surface area (Å²) in [5.74, 6) is 6.30. The summed E-state index contributed by atoms with van der Waals surface area (Å²) in [6, 6.07) is 0. The molecule has 2 heteroatoms. The van der Waals surface area contributed by atoms with Crippen molar-refractivity contribution in [3.05, 3.63) is 0 Å². The zero-order valence-corrected chi connectivity index (χ0v) is 8.89. The average molecular weight is 181 g/mol. The molecule has 2 nitrogen and oxygen atoms in total. The summed E-state index contributed by atoms with van der Waals surface area (Å²) in [7, 11) is 0. The van der Waals surface area contributed by atoms with Gasteiger partial charge < -0.3 is 4.74 Å². The number of nitrogens with zero attached hydrogens (tertiary/aromatic N) is 1. The van der Waals surface area contributed by atoms with E-state index in [0.29, 0.717) is 0 Å². The van der Waals surface area contributed by atoms with Crippen molar-refractivity contribution in [1.29, 1.82) is 0 Å². The van der Waals surface area contributed by atoms with E-state index in [4.69, 9.17) is 4.74 Å². The van der Waals surface area contributed by atoms with Crippen molar-refractivity contribution in [2.24, 2.45) is 0 Å². The van der Waals surface area contributed by atoms with Gasteiger partial charge in [-0.15, -0.1) is 5.92 Å². The Morgan fingerprint density at radius 2 is 2.23 bits per heavy atom. The zero-order valence-electron chi connectivity index (χ0n) is 8.89. The smallest absolute Gasteiger partial charge is 0.138 e. The molecule has 0 aliphatic carbocycles. The number of hydrogen-bond acceptors (Lipinski definition) is 2. The van der Waals surface area contributed by atoms with Gasteiger partial charge >= 0.3 is 0 Å². The number of rotatable bonds is 1. The molecule has 0 aromatic rings. The lowest BCUT2D eigenvalue weighted by molar-refractivity contribution is -0.0600. The molecule has 0 saturated carbocycles. The molecule has 1 fully saturated rings. The molecule has 13 heavy (non-hydrogen) atoms. The van der Waals surface area contributed by atoms with Gasteiger partial charge in [-0.1, -0.05) is 19.8 Å². The summed E-state index contributed by atoms with van der Waals surface area (Å²) < 4.78 is 5.68. The first-order valence-electron chi connectivity index (χ1n) is 5.06. The summed E-state index contributed by atoms with van der Waals surface area (Å²) in [6.07, 6.45) is 0.908. The molecule has 0 bridgehead atoms. The highest BCUT2D eigenvalue weighted by Gasteiger charge is 2.29. The fraction of sp³-hybridized carbons (Fsp3) is 0.818. The summed E-state index contributed by atoms with van der Waals surface area (Å²) in [6.45, 7) is 10.2. The van der Waals surface area contributed by atoms with Crippen LogP contribution in [-0.4, -0.2) is 36.7 Å². The van der Waals surface area contributed by atoms with Crippen molar-refractivity contribution in [3.8, 4) is 11.8 Å². The van der Waals surface area contributed by atoms with E-state index in [0.717, 1.165) is 32.7 Å². The largest absolute Gasteiger partial charge is 0.360 e. The van der Waals surface area contributed by atoms with Gasteiger partial charge in [0.15, 0.2) is 0 Å². The first-order chi connectivity index (χ1) is 6.20. The fourth-order valence-corrected chi connectivity index (χ4v) is 1.57. The SMILES string of the molecule is CCC#C[C@]1(C)CN(CC)CCO1. The molecular weight excluding hydrogens is 162 g/mol. The number of hydrogen-bond donors (Lipinski definition) is 0. The maximum atomic E-state index is 5.68. The van der Waals surface area contributed by atoms with E-state index in [9.17, 15) is 0 Å². The summed E-state index contributed by atoms with van der Waals surface area (Å²) in [4.78, 5) is 2.38. The third-order valence-electron chi connectivity index (χ3n) is 2.33. The van der Waals surface area contributed by atoms with Crippen molar-refractivity contribution in [1.82, 2.24) is 4.90 Å². The lowest BCUT2D eigenvalue weighted by atomic mass is 10.1. The third-order valence-corrected chi connectivity index (χ3v) is 2.33. The summed E-state index contributed by atoms with van der Waals surface area (Å²) in [5.41, 5.74) is -0.232. The van der Waals surface area contributed by atoms with E-state index < -0.39 is 0 Å². The molecule has 1 aliphatic heterocycles. The second-order valence-corrected chi connectivity index (χ2v) is 3.60. The normalized spacial score (nSPS) is 29.5. The van der Waals surface area contributed by atoms with Gasteiger partial charge in [-0.2, -0.15) is 0 Å². The van der Waals surface area contributed by atoms with E-state index in [2.05, 4.69) is 37.5 Å². The first-order valence-corrected chi connectivity index (χ1v) is 5.06. The minimum atomic E-state index is -0.232. The predicted octanol–water partition coefficient (Wildman–Crippen LogP) is 1.51. The van der Waals surface area contributed by atoms with Crippen LogP contribution in [0.1, 0.15) is 27.2 Å². The Bertz CT molecular complexity index is 216. The van der Waals surface area contributed by atoms with Crippen molar-refractivity contribution < 1.29 is 4.74 Å². The second kappa shape index (κ2) is 4.64. The maximum absolute atomic E-state index is 5.68. The Hall–Kier alpha value is -0.520. The Kier molecular flexibility index (Phi) is 3.77. The Labute approximate surface area is 81.3 Å². The number of ether oxygens (including phenoxy) is 1. The van der Waals surface area contributed by atoms with Crippen LogP contribution in [0.2, 0.25) is 0 Å². The maximum Gasteiger partial charge on any atom is 0.138 e. The minimum Gasteiger partial charge on any atom is -0.360 e. The van der Waals surface area contributed by atoms with Gasteiger partial charge in [-0.05, 0) is 13.5 Å². The Morgan fingerprint density at radius 1 is 1.46 bits per heavy atom. The molecule has 1 saturated heterocycles. The van der Waals surface area contributed by atoms with Crippen LogP contribution in [0.15, 0.2) is 0 Å². The van der Waals surface area contributed by atoms with Crippen LogP contribution >= 0.6 is 0 Å². The Balaban J connectivity index is 2.57. The van der Waals surface area contributed by atoms with Gasteiger partial charge in [-0.25, -0.2) is 0 Å². The molecule has 0 aromatic carbocycles. The predicted molar refractivity (Wildman–Crippen MR) is 54.5 cm³/mol. The lowest BCUT2D eigenvalue weighted by Gasteiger charge is -2.36. The molecule has 74 valence electrons. The van der Waals surface area contributed by atoms with E-state index in [-0.39, 0.29) is 5.60 Å². The highest BCUT2D eigenvalue weighted by Crippen LogP contribution is 2.16. The summed E-state index contributed by atoms with van der Waals surface area (Å²) >= 11 is 0. The third kappa shape index (κ3) is 3.02. The number of morpholine rings is 1. The van der Waals surface area contributed by atoms with Crippen LogP contribution < -0.4 is 0 Å². The van der Waals surface area contributed by atoms with Crippen LogP contribution in [0.3, 0.4) is 0 Å². The van der Waals surface area contributed by atoms with Gasteiger partial charge in [0.1, 0.15) is 5.60 Å². The topological polar surface area (TPSA) is 12.5 Å². The van der Waals surface area contributed by atoms with E-state index in [1.807, 2.05) is 0 Å². The average Bonchev–Trinajstić information content (AvgIpc) is 2.15. The van der Waals surface area contributed by atoms with Gasteiger partial charge in [0.25, 0.3) is 0 Å². The molecule has 1 rings (SSSR count). The first kappa shape index (κ1) is 10.6. The molecule has 0 aromatic heterocycles. The molecular formula is C11H19NO. The van der Waals surface area contributed by atoms with Crippen molar-refractivity contribution in [2.75, 3.05) is 26.2 Å². The Morgan fingerprint density at radius 3 is 2.85 bits per heavy atom.